The topological polar surface area (TPSA) is 52.6 Å². The van der Waals surface area contributed by atoms with Crippen molar-refractivity contribution in [1.29, 1.82) is 0 Å². The highest BCUT2D eigenvalue weighted by molar-refractivity contribution is 5.94. The molecular formula is C29H33F3N2O2. The van der Waals surface area contributed by atoms with Crippen LogP contribution in [-0.2, 0) is 10.8 Å². The summed E-state index contributed by atoms with van der Waals surface area (Å²) in [5, 5.41) is 12.3. The third kappa shape index (κ3) is 4.48. The zero-order chi connectivity index (χ0) is 25.6. The van der Waals surface area contributed by atoms with Gasteiger partial charge < -0.3 is 15.3 Å². The summed E-state index contributed by atoms with van der Waals surface area (Å²) in [5.74, 6) is -0.273. The Labute approximate surface area is 210 Å². The molecule has 1 spiro atoms. The molecule has 36 heavy (non-hydrogen) atoms. The van der Waals surface area contributed by atoms with Crippen LogP contribution in [0.5, 0.6) is 0 Å². The summed E-state index contributed by atoms with van der Waals surface area (Å²) in [6.07, 6.45) is 3.95. The van der Waals surface area contributed by atoms with Gasteiger partial charge in [-0.15, -0.1) is 0 Å². The molecule has 2 aliphatic carbocycles. The number of rotatable bonds is 5. The van der Waals surface area contributed by atoms with Crippen molar-refractivity contribution in [3.63, 3.8) is 0 Å². The first kappa shape index (κ1) is 25.0. The second-order valence-corrected chi connectivity index (χ2v) is 10.8. The van der Waals surface area contributed by atoms with E-state index >= 15 is 0 Å². The molecule has 4 nitrogen and oxygen atoms in total. The quantitative estimate of drug-likeness (QED) is 0.606. The van der Waals surface area contributed by atoms with Gasteiger partial charge in [0.15, 0.2) is 0 Å². The van der Waals surface area contributed by atoms with Crippen molar-refractivity contribution in [1.82, 2.24) is 10.2 Å². The van der Waals surface area contributed by atoms with Gasteiger partial charge in [-0.2, -0.15) is 13.2 Å². The molecule has 2 aromatic carbocycles. The van der Waals surface area contributed by atoms with Gasteiger partial charge in [-0.3, -0.25) is 4.79 Å². The van der Waals surface area contributed by atoms with Crippen LogP contribution in [0.3, 0.4) is 0 Å². The molecule has 0 radical (unpaired) electrons. The molecule has 1 heterocycles. The first-order valence-electron chi connectivity index (χ1n) is 12.7. The van der Waals surface area contributed by atoms with E-state index in [9.17, 15) is 23.1 Å². The lowest BCUT2D eigenvalue weighted by Gasteiger charge is -2.46. The number of nitrogens with zero attached hydrogens (tertiary/aromatic N) is 1. The van der Waals surface area contributed by atoms with Crippen LogP contribution in [0, 0.1) is 5.92 Å². The van der Waals surface area contributed by atoms with Gasteiger partial charge in [0, 0.05) is 29.0 Å². The Kier molecular flexibility index (Phi) is 6.50. The number of piperidine rings is 1. The van der Waals surface area contributed by atoms with Gasteiger partial charge >= 0.3 is 6.18 Å². The summed E-state index contributed by atoms with van der Waals surface area (Å²) < 4.78 is 37.2. The van der Waals surface area contributed by atoms with E-state index in [1.54, 1.807) is 24.3 Å². The van der Waals surface area contributed by atoms with Gasteiger partial charge in [-0.1, -0.05) is 55.5 Å². The molecule has 0 aromatic heterocycles. The standard InChI is InChI=1S/C29H33F3N2O2/c1-20-17-34(15-14-28(20)13-10-21-4-2-3-5-25(21)28)24-11-12-27(16-24,19-35)23-8-6-22(7-9-23)26(36)33-18-29(30,31)32/h2-10,13,20,24,35H,11-12,14-19H2,1H3,(H,33,36)/t20-,24?,27?,28?/m0/s1. The Morgan fingerprint density at radius 1 is 1.14 bits per heavy atom. The Morgan fingerprint density at radius 2 is 1.89 bits per heavy atom. The first-order valence-corrected chi connectivity index (χ1v) is 12.7. The Bertz CT molecular complexity index is 1150. The Balaban J connectivity index is 1.25. The second-order valence-electron chi connectivity index (χ2n) is 10.8. The van der Waals surface area contributed by atoms with Gasteiger partial charge in [0.25, 0.3) is 5.91 Å². The van der Waals surface area contributed by atoms with E-state index in [-0.39, 0.29) is 17.6 Å². The van der Waals surface area contributed by atoms with Gasteiger partial charge in [0.2, 0.25) is 0 Å². The molecule has 7 heteroatoms. The molecule has 0 bridgehead atoms. The number of alkyl halides is 3. The van der Waals surface area contributed by atoms with Crippen molar-refractivity contribution in [2.75, 3.05) is 26.2 Å². The van der Waals surface area contributed by atoms with Crippen LogP contribution in [0.1, 0.15) is 59.7 Å². The average molecular weight is 499 g/mol. The number of benzene rings is 2. The van der Waals surface area contributed by atoms with Crippen molar-refractivity contribution in [3.8, 4) is 0 Å². The molecular weight excluding hydrogens is 465 g/mol. The van der Waals surface area contributed by atoms with Crippen molar-refractivity contribution in [2.45, 2.75) is 55.7 Å². The summed E-state index contributed by atoms with van der Waals surface area (Å²) in [6, 6.07) is 15.7. The third-order valence-electron chi connectivity index (χ3n) is 8.83. The van der Waals surface area contributed by atoms with E-state index in [0.717, 1.165) is 44.3 Å². The van der Waals surface area contributed by atoms with Crippen LogP contribution < -0.4 is 5.32 Å². The highest BCUT2D eigenvalue weighted by Crippen LogP contribution is 2.49. The molecule has 2 aromatic rings. The van der Waals surface area contributed by atoms with Crippen LogP contribution in [0.25, 0.3) is 6.08 Å². The zero-order valence-corrected chi connectivity index (χ0v) is 20.5. The zero-order valence-electron chi connectivity index (χ0n) is 20.5. The van der Waals surface area contributed by atoms with Gasteiger partial charge in [-0.25, -0.2) is 0 Å². The fourth-order valence-electron chi connectivity index (χ4n) is 6.72. The van der Waals surface area contributed by atoms with Gasteiger partial charge in [0.05, 0.1) is 6.61 Å². The highest BCUT2D eigenvalue weighted by Gasteiger charge is 2.47. The number of fused-ring (bicyclic) bond motifs is 2. The fourth-order valence-corrected chi connectivity index (χ4v) is 6.72. The summed E-state index contributed by atoms with van der Waals surface area (Å²) >= 11 is 0. The molecule has 1 aliphatic heterocycles. The number of carbonyl (C=O) groups is 1. The normalized spacial score (nSPS) is 30.0. The van der Waals surface area contributed by atoms with Crippen molar-refractivity contribution >= 4 is 12.0 Å². The van der Waals surface area contributed by atoms with E-state index in [2.05, 4.69) is 48.2 Å². The number of allylic oxidation sites excluding steroid dienone is 1. The van der Waals surface area contributed by atoms with Crippen molar-refractivity contribution < 1.29 is 23.1 Å². The predicted molar refractivity (Wildman–Crippen MR) is 134 cm³/mol. The molecule has 1 saturated heterocycles. The monoisotopic (exact) mass is 498 g/mol. The Morgan fingerprint density at radius 3 is 2.58 bits per heavy atom. The lowest BCUT2D eigenvalue weighted by Crippen LogP contribution is -2.50. The van der Waals surface area contributed by atoms with Crippen LogP contribution >= 0.6 is 0 Å². The largest absolute Gasteiger partial charge is 0.405 e. The van der Waals surface area contributed by atoms with Crippen LogP contribution in [0.2, 0.25) is 0 Å². The maximum absolute atomic E-state index is 12.4. The lowest BCUT2D eigenvalue weighted by atomic mass is 9.67. The van der Waals surface area contributed by atoms with Crippen molar-refractivity contribution in [2.24, 2.45) is 5.92 Å². The maximum atomic E-state index is 12.4. The predicted octanol–water partition coefficient (Wildman–Crippen LogP) is 5.07. The number of hydrogen-bond acceptors (Lipinski definition) is 3. The van der Waals surface area contributed by atoms with Gasteiger partial charge in [0.1, 0.15) is 6.54 Å². The number of halogens is 3. The minimum Gasteiger partial charge on any atom is -0.395 e. The SMILES string of the molecule is C[C@H]1CN(C2CCC(CO)(c3ccc(C(=O)NCC(F)(F)F)cc3)C2)CCC12C=Cc1ccccc12. The molecule has 1 saturated carbocycles. The minimum absolute atomic E-state index is 0.00651. The number of aliphatic hydroxyl groups is 1. The lowest BCUT2D eigenvalue weighted by molar-refractivity contribution is -0.123. The molecule has 1 amide bonds. The molecule has 3 aliphatic rings. The average Bonchev–Trinajstić information content (AvgIpc) is 3.48. The summed E-state index contributed by atoms with van der Waals surface area (Å²) in [7, 11) is 0. The van der Waals surface area contributed by atoms with E-state index in [1.807, 2.05) is 5.32 Å². The van der Waals surface area contributed by atoms with E-state index in [0.29, 0.717) is 12.0 Å². The number of likely N-dealkylation sites (tertiary alicyclic amines) is 1. The molecule has 3 unspecified atom stereocenters. The van der Waals surface area contributed by atoms with Crippen molar-refractivity contribution in [3.05, 3.63) is 76.9 Å². The second kappa shape index (κ2) is 9.34. The number of amides is 1. The third-order valence-corrected chi connectivity index (χ3v) is 8.83. The van der Waals surface area contributed by atoms with E-state index in [4.69, 9.17) is 0 Å². The number of hydrogen-bond donors (Lipinski definition) is 2. The summed E-state index contributed by atoms with van der Waals surface area (Å²) in [6.45, 7) is 3.01. The minimum atomic E-state index is -4.45. The number of aliphatic hydroxyl groups excluding tert-OH is 1. The smallest absolute Gasteiger partial charge is 0.395 e. The van der Waals surface area contributed by atoms with Crippen LogP contribution in [-0.4, -0.2) is 54.4 Å². The van der Waals surface area contributed by atoms with Crippen LogP contribution in [0.4, 0.5) is 13.2 Å². The van der Waals surface area contributed by atoms with Gasteiger partial charge in [-0.05, 0) is 67.0 Å². The number of nitrogens with one attached hydrogen (secondary N) is 1. The molecule has 192 valence electrons. The van der Waals surface area contributed by atoms with E-state index in [1.165, 1.54) is 11.1 Å². The molecule has 2 fully saturated rings. The van der Waals surface area contributed by atoms with E-state index < -0.39 is 24.0 Å². The van der Waals surface area contributed by atoms with Crippen LogP contribution in [0.15, 0.2) is 54.6 Å². The number of carbonyl (C=O) groups excluding carboxylic acids is 1. The Hall–Kier alpha value is -2.64. The fraction of sp³-hybridized carbons (Fsp3) is 0.483. The summed E-state index contributed by atoms with van der Waals surface area (Å²) in [4.78, 5) is 14.7. The summed E-state index contributed by atoms with van der Waals surface area (Å²) in [5.41, 5.74) is 3.59. The molecule has 2 N–H and O–H groups in total. The highest BCUT2D eigenvalue weighted by atomic mass is 19.4. The molecule has 4 atom stereocenters. The molecule has 5 rings (SSSR count). The first-order chi connectivity index (χ1) is 17.2. The maximum Gasteiger partial charge on any atom is 0.405 e.